The molecule has 1 aromatic carbocycles. The van der Waals surface area contributed by atoms with Crippen LogP contribution in [-0.2, 0) is 9.47 Å². The van der Waals surface area contributed by atoms with Gasteiger partial charge in [-0.05, 0) is 24.8 Å². The molecule has 0 aromatic heterocycles. The predicted octanol–water partition coefficient (Wildman–Crippen LogP) is 2.96. The normalized spacial score (nSPS) is 30.6. The fourth-order valence-electron chi connectivity index (χ4n) is 2.29. The summed E-state index contributed by atoms with van der Waals surface area (Å²) in [5, 5.41) is 0. The van der Waals surface area contributed by atoms with Crippen LogP contribution >= 0.6 is 0 Å². The Balaban J connectivity index is 2.01. The third-order valence-corrected chi connectivity index (χ3v) is 3.01. The monoisotopic (exact) mass is 190 g/mol. The van der Waals surface area contributed by atoms with E-state index in [4.69, 9.17) is 9.47 Å². The van der Waals surface area contributed by atoms with Gasteiger partial charge >= 0.3 is 0 Å². The third kappa shape index (κ3) is 1.26. The minimum atomic E-state index is -0.100. The van der Waals surface area contributed by atoms with E-state index in [2.05, 4.69) is 24.3 Å². The van der Waals surface area contributed by atoms with Crippen LogP contribution in [0, 0.1) is 0 Å². The Morgan fingerprint density at radius 3 is 2.86 bits per heavy atom. The van der Waals surface area contributed by atoms with Crippen molar-refractivity contribution in [2.24, 2.45) is 0 Å². The van der Waals surface area contributed by atoms with Gasteiger partial charge in [0, 0.05) is 5.56 Å². The predicted molar refractivity (Wildman–Crippen MR) is 52.8 cm³/mol. The highest BCUT2D eigenvalue weighted by molar-refractivity contribution is 5.33. The van der Waals surface area contributed by atoms with E-state index in [1.165, 1.54) is 17.5 Å². The standard InChI is InChI=1S/C12H14O2/c1-2-6-10-9(5-1)11-7-3-4-8-13-12(10)14-11/h1-2,5-6,11-12H,3-4,7-8H2. The molecule has 0 saturated carbocycles. The summed E-state index contributed by atoms with van der Waals surface area (Å²) < 4.78 is 11.5. The average molecular weight is 190 g/mol. The van der Waals surface area contributed by atoms with Crippen LogP contribution < -0.4 is 0 Å². The Morgan fingerprint density at radius 1 is 1.07 bits per heavy atom. The number of rotatable bonds is 0. The van der Waals surface area contributed by atoms with E-state index in [0.29, 0.717) is 0 Å². The van der Waals surface area contributed by atoms with Crippen molar-refractivity contribution < 1.29 is 9.47 Å². The minimum absolute atomic E-state index is 0.100. The zero-order chi connectivity index (χ0) is 9.38. The van der Waals surface area contributed by atoms with Crippen molar-refractivity contribution in [1.29, 1.82) is 0 Å². The lowest BCUT2D eigenvalue weighted by atomic mass is 10.0. The van der Waals surface area contributed by atoms with Crippen LogP contribution in [0.3, 0.4) is 0 Å². The summed E-state index contributed by atoms with van der Waals surface area (Å²) in [6.45, 7) is 0.825. The van der Waals surface area contributed by atoms with Gasteiger partial charge in [0.05, 0.1) is 12.7 Å². The van der Waals surface area contributed by atoms with Crippen LogP contribution in [0.15, 0.2) is 24.3 Å². The number of fused-ring (bicyclic) bond motifs is 5. The maximum absolute atomic E-state index is 5.85. The molecule has 2 bridgehead atoms. The summed E-state index contributed by atoms with van der Waals surface area (Å²) in [6, 6.07) is 8.41. The van der Waals surface area contributed by atoms with Crippen molar-refractivity contribution in [2.75, 3.05) is 6.61 Å². The first-order chi connectivity index (χ1) is 6.95. The van der Waals surface area contributed by atoms with E-state index in [-0.39, 0.29) is 12.4 Å². The number of benzene rings is 1. The Hall–Kier alpha value is -0.860. The molecule has 2 aliphatic rings. The van der Waals surface area contributed by atoms with E-state index in [0.717, 1.165) is 19.4 Å². The molecule has 3 rings (SSSR count). The zero-order valence-corrected chi connectivity index (χ0v) is 8.11. The Bertz CT molecular complexity index is 304. The maximum Gasteiger partial charge on any atom is 0.184 e. The minimum Gasteiger partial charge on any atom is -0.348 e. The summed E-state index contributed by atoms with van der Waals surface area (Å²) >= 11 is 0. The molecule has 2 atom stereocenters. The Labute approximate surface area is 83.8 Å². The summed E-state index contributed by atoms with van der Waals surface area (Å²) in [5.41, 5.74) is 2.57. The second-order valence-electron chi connectivity index (χ2n) is 3.95. The molecule has 0 aliphatic carbocycles. The number of ether oxygens (including phenoxy) is 2. The quantitative estimate of drug-likeness (QED) is 0.626. The van der Waals surface area contributed by atoms with Gasteiger partial charge in [0.1, 0.15) is 0 Å². The molecule has 1 aromatic rings. The van der Waals surface area contributed by atoms with Gasteiger partial charge in [-0.3, -0.25) is 0 Å². The van der Waals surface area contributed by atoms with Crippen LogP contribution in [0.5, 0.6) is 0 Å². The molecular formula is C12H14O2. The van der Waals surface area contributed by atoms with Gasteiger partial charge in [-0.2, -0.15) is 0 Å². The Kier molecular flexibility index (Phi) is 2.03. The molecule has 2 aliphatic heterocycles. The first-order valence-electron chi connectivity index (χ1n) is 5.31. The molecule has 0 spiro atoms. The second kappa shape index (κ2) is 3.37. The van der Waals surface area contributed by atoms with Crippen molar-refractivity contribution in [3.05, 3.63) is 35.4 Å². The highest BCUT2D eigenvalue weighted by atomic mass is 16.7. The molecule has 1 saturated heterocycles. The largest absolute Gasteiger partial charge is 0.348 e. The fourth-order valence-corrected chi connectivity index (χ4v) is 2.29. The van der Waals surface area contributed by atoms with Crippen LogP contribution in [-0.4, -0.2) is 6.61 Å². The third-order valence-electron chi connectivity index (χ3n) is 3.01. The molecule has 0 radical (unpaired) electrons. The molecule has 2 nitrogen and oxygen atoms in total. The lowest BCUT2D eigenvalue weighted by Crippen LogP contribution is -2.08. The molecule has 0 amide bonds. The second-order valence-corrected chi connectivity index (χ2v) is 3.95. The smallest absolute Gasteiger partial charge is 0.184 e. The van der Waals surface area contributed by atoms with Gasteiger partial charge in [-0.15, -0.1) is 0 Å². The highest BCUT2D eigenvalue weighted by Crippen LogP contribution is 2.43. The molecule has 2 unspecified atom stereocenters. The summed E-state index contributed by atoms with van der Waals surface area (Å²) in [4.78, 5) is 0. The van der Waals surface area contributed by atoms with E-state index in [9.17, 15) is 0 Å². The highest BCUT2D eigenvalue weighted by Gasteiger charge is 2.32. The van der Waals surface area contributed by atoms with Crippen molar-refractivity contribution >= 4 is 0 Å². The van der Waals surface area contributed by atoms with Crippen LogP contribution in [0.25, 0.3) is 0 Å². The number of hydrogen-bond donors (Lipinski definition) is 0. The molecule has 1 fully saturated rings. The number of hydrogen-bond acceptors (Lipinski definition) is 2. The van der Waals surface area contributed by atoms with Gasteiger partial charge in [-0.25, -0.2) is 0 Å². The summed E-state index contributed by atoms with van der Waals surface area (Å²) in [6.07, 6.45) is 3.67. The molecule has 0 N–H and O–H groups in total. The van der Waals surface area contributed by atoms with Gasteiger partial charge in [0.2, 0.25) is 0 Å². The van der Waals surface area contributed by atoms with Crippen molar-refractivity contribution in [3.8, 4) is 0 Å². The van der Waals surface area contributed by atoms with Crippen LogP contribution in [0.1, 0.15) is 42.8 Å². The molecule has 14 heavy (non-hydrogen) atoms. The van der Waals surface area contributed by atoms with Gasteiger partial charge in [-0.1, -0.05) is 24.3 Å². The van der Waals surface area contributed by atoms with E-state index in [1.807, 2.05) is 0 Å². The van der Waals surface area contributed by atoms with Gasteiger partial charge < -0.3 is 9.47 Å². The SMILES string of the molecule is c1ccc2c(c1)C1CCCCOC2O1. The molecule has 2 heteroatoms. The van der Waals surface area contributed by atoms with E-state index < -0.39 is 0 Å². The van der Waals surface area contributed by atoms with Crippen molar-refractivity contribution in [1.82, 2.24) is 0 Å². The average Bonchev–Trinajstić information content (AvgIpc) is 2.54. The maximum atomic E-state index is 5.85. The molecule has 74 valence electrons. The first kappa shape index (κ1) is 8.45. The molecular weight excluding hydrogens is 176 g/mol. The van der Waals surface area contributed by atoms with Crippen molar-refractivity contribution in [3.63, 3.8) is 0 Å². The first-order valence-corrected chi connectivity index (χ1v) is 5.31. The fraction of sp³-hybridized carbons (Fsp3) is 0.500. The van der Waals surface area contributed by atoms with Crippen LogP contribution in [0.2, 0.25) is 0 Å². The zero-order valence-electron chi connectivity index (χ0n) is 8.11. The van der Waals surface area contributed by atoms with Gasteiger partial charge in [0.15, 0.2) is 6.29 Å². The van der Waals surface area contributed by atoms with Crippen molar-refractivity contribution in [2.45, 2.75) is 31.7 Å². The molecule has 2 heterocycles. The van der Waals surface area contributed by atoms with E-state index >= 15 is 0 Å². The lowest BCUT2D eigenvalue weighted by molar-refractivity contribution is -0.170. The summed E-state index contributed by atoms with van der Waals surface area (Å²) in [7, 11) is 0. The van der Waals surface area contributed by atoms with E-state index in [1.54, 1.807) is 0 Å². The van der Waals surface area contributed by atoms with Crippen LogP contribution in [0.4, 0.5) is 0 Å². The topological polar surface area (TPSA) is 18.5 Å². The van der Waals surface area contributed by atoms with Gasteiger partial charge in [0.25, 0.3) is 0 Å². The summed E-state index contributed by atoms with van der Waals surface area (Å²) in [5.74, 6) is 0. The lowest BCUT2D eigenvalue weighted by Gasteiger charge is -2.18. The Morgan fingerprint density at radius 2 is 1.93 bits per heavy atom.